The molecule has 3 aromatic rings. The minimum Gasteiger partial charge on any atom is -0.399 e. The molecule has 2 aliphatic carbocycles. The second kappa shape index (κ2) is 6.99. The van der Waals surface area contributed by atoms with Crippen molar-refractivity contribution in [1.82, 2.24) is 9.97 Å². The van der Waals surface area contributed by atoms with E-state index in [1.807, 2.05) is 24.3 Å². The van der Waals surface area contributed by atoms with Crippen LogP contribution in [0.1, 0.15) is 42.9 Å². The van der Waals surface area contributed by atoms with E-state index < -0.39 is 0 Å². The highest BCUT2D eigenvalue weighted by molar-refractivity contribution is 5.93. The molecule has 0 spiro atoms. The zero-order valence-electron chi connectivity index (χ0n) is 16.5. The van der Waals surface area contributed by atoms with E-state index in [0.29, 0.717) is 11.7 Å². The first-order chi connectivity index (χ1) is 14.1. The molecular weight excluding hydrogens is 360 g/mol. The van der Waals surface area contributed by atoms with Gasteiger partial charge in [0.15, 0.2) is 0 Å². The van der Waals surface area contributed by atoms with E-state index in [4.69, 9.17) is 10.7 Å². The summed E-state index contributed by atoms with van der Waals surface area (Å²) in [6, 6.07) is 14.2. The molecule has 2 heterocycles. The molecule has 0 aliphatic heterocycles. The Kier molecular flexibility index (Phi) is 4.31. The number of hydrogen-bond acceptors (Lipinski definition) is 4. The number of nitrogens with zero attached hydrogens (tertiary/aromatic N) is 2. The van der Waals surface area contributed by atoms with Gasteiger partial charge in [0.25, 0.3) is 0 Å². The average molecular weight is 384 g/mol. The molecule has 1 amide bonds. The summed E-state index contributed by atoms with van der Waals surface area (Å²) in [6.07, 6.45) is 6.04. The van der Waals surface area contributed by atoms with Crippen LogP contribution in [-0.4, -0.2) is 15.9 Å². The molecule has 2 saturated carbocycles. The Morgan fingerprint density at radius 1 is 1.03 bits per heavy atom. The molecule has 0 radical (unpaired) electrons. The van der Waals surface area contributed by atoms with E-state index in [2.05, 4.69) is 35.4 Å². The van der Waals surface area contributed by atoms with E-state index in [1.165, 1.54) is 18.4 Å². The fourth-order valence-corrected chi connectivity index (χ4v) is 3.63. The van der Waals surface area contributed by atoms with Crippen LogP contribution in [0.2, 0.25) is 0 Å². The summed E-state index contributed by atoms with van der Waals surface area (Å²) in [7, 11) is 0. The summed E-state index contributed by atoms with van der Waals surface area (Å²) in [5.41, 5.74) is 13.2. The number of nitrogens with one attached hydrogen (secondary N) is 1. The zero-order chi connectivity index (χ0) is 20.0. The molecule has 0 saturated heterocycles. The molecule has 0 unspecified atom stereocenters. The van der Waals surface area contributed by atoms with Gasteiger partial charge in [-0.15, -0.1) is 0 Å². The summed E-state index contributed by atoms with van der Waals surface area (Å²) in [6.45, 7) is 2.10. The predicted molar refractivity (Wildman–Crippen MR) is 115 cm³/mol. The van der Waals surface area contributed by atoms with Crippen molar-refractivity contribution in [1.29, 1.82) is 0 Å². The number of anilines is 2. The quantitative estimate of drug-likeness (QED) is 0.611. The number of aryl methyl sites for hydroxylation is 1. The van der Waals surface area contributed by atoms with Gasteiger partial charge in [0, 0.05) is 35.0 Å². The van der Waals surface area contributed by atoms with Crippen LogP contribution in [0.5, 0.6) is 0 Å². The predicted octanol–water partition coefficient (Wildman–Crippen LogP) is 4.93. The van der Waals surface area contributed by atoms with Crippen molar-refractivity contribution in [2.75, 3.05) is 11.1 Å². The van der Waals surface area contributed by atoms with Gasteiger partial charge >= 0.3 is 0 Å². The zero-order valence-corrected chi connectivity index (χ0v) is 16.5. The topological polar surface area (TPSA) is 80.9 Å². The third kappa shape index (κ3) is 3.86. The van der Waals surface area contributed by atoms with Crippen LogP contribution < -0.4 is 11.1 Å². The van der Waals surface area contributed by atoms with Crippen LogP contribution in [0.3, 0.4) is 0 Å². The van der Waals surface area contributed by atoms with E-state index >= 15 is 0 Å². The smallest absolute Gasteiger partial charge is 0.228 e. The molecule has 2 aliphatic rings. The van der Waals surface area contributed by atoms with Crippen LogP contribution in [0.15, 0.2) is 48.7 Å². The number of amides is 1. The van der Waals surface area contributed by atoms with Crippen molar-refractivity contribution < 1.29 is 4.79 Å². The number of pyridine rings is 2. The number of carbonyl (C=O) groups is 1. The molecule has 0 bridgehead atoms. The maximum Gasteiger partial charge on any atom is 0.228 e. The summed E-state index contributed by atoms with van der Waals surface area (Å²) in [4.78, 5) is 21.4. The second-order valence-electron chi connectivity index (χ2n) is 8.21. The number of nitrogen functional groups attached to an aromatic ring is 1. The highest BCUT2D eigenvalue weighted by Crippen LogP contribution is 2.42. The van der Waals surface area contributed by atoms with Gasteiger partial charge < -0.3 is 11.1 Å². The van der Waals surface area contributed by atoms with Gasteiger partial charge in [-0.3, -0.25) is 9.78 Å². The van der Waals surface area contributed by atoms with Gasteiger partial charge in [-0.05, 0) is 85.7 Å². The second-order valence-corrected chi connectivity index (χ2v) is 8.21. The van der Waals surface area contributed by atoms with Crippen LogP contribution in [0.4, 0.5) is 11.5 Å². The van der Waals surface area contributed by atoms with Crippen molar-refractivity contribution in [2.24, 2.45) is 5.92 Å². The molecule has 0 atom stereocenters. The number of benzene rings is 1. The minimum atomic E-state index is 0.0606. The van der Waals surface area contributed by atoms with Crippen molar-refractivity contribution in [3.63, 3.8) is 0 Å². The summed E-state index contributed by atoms with van der Waals surface area (Å²) < 4.78 is 0. The highest BCUT2D eigenvalue weighted by Gasteiger charge is 2.30. The Balaban J connectivity index is 1.55. The lowest BCUT2D eigenvalue weighted by Crippen LogP contribution is -2.14. The lowest BCUT2D eigenvalue weighted by Gasteiger charge is -2.12. The molecule has 146 valence electrons. The highest BCUT2D eigenvalue weighted by atomic mass is 16.2. The Morgan fingerprint density at radius 3 is 2.62 bits per heavy atom. The standard InChI is InChI=1S/C24H24N4O/c1-14-2-7-19(25)13-20(14)18-10-21(15-3-4-15)27-22(11-18)17-8-9-26-23(12-17)28-24(29)16-5-6-16/h2,7-13,15-16H,3-6,25H2,1H3,(H,26,28,29). The maximum absolute atomic E-state index is 12.1. The van der Waals surface area contributed by atoms with Gasteiger partial charge in [-0.25, -0.2) is 4.98 Å². The monoisotopic (exact) mass is 384 g/mol. The largest absolute Gasteiger partial charge is 0.399 e. The Hall–Kier alpha value is -3.21. The van der Waals surface area contributed by atoms with E-state index in [9.17, 15) is 4.79 Å². The fourth-order valence-electron chi connectivity index (χ4n) is 3.63. The molecule has 2 aromatic heterocycles. The summed E-state index contributed by atoms with van der Waals surface area (Å²) >= 11 is 0. The molecular formula is C24H24N4O. The third-order valence-electron chi connectivity index (χ3n) is 5.67. The molecule has 3 N–H and O–H groups in total. The van der Waals surface area contributed by atoms with E-state index in [-0.39, 0.29) is 11.8 Å². The SMILES string of the molecule is Cc1ccc(N)cc1-c1cc(-c2ccnc(NC(=O)C3CC3)c2)nc(C2CC2)c1. The first-order valence-electron chi connectivity index (χ1n) is 10.2. The van der Waals surface area contributed by atoms with Crippen LogP contribution >= 0.6 is 0 Å². The Labute approximate surface area is 170 Å². The maximum atomic E-state index is 12.1. The van der Waals surface area contributed by atoms with Crippen molar-refractivity contribution in [3.8, 4) is 22.4 Å². The number of carbonyl (C=O) groups excluding carboxylic acids is 1. The Bertz CT molecular complexity index is 1100. The van der Waals surface area contributed by atoms with Gasteiger partial charge in [-0.2, -0.15) is 0 Å². The number of hydrogen-bond donors (Lipinski definition) is 2. The molecule has 2 fully saturated rings. The number of aromatic nitrogens is 2. The van der Waals surface area contributed by atoms with E-state index in [0.717, 1.165) is 46.6 Å². The number of rotatable bonds is 5. The van der Waals surface area contributed by atoms with Crippen molar-refractivity contribution >= 4 is 17.4 Å². The Morgan fingerprint density at radius 2 is 1.86 bits per heavy atom. The van der Waals surface area contributed by atoms with Gasteiger partial charge in [-0.1, -0.05) is 6.07 Å². The van der Waals surface area contributed by atoms with Gasteiger partial charge in [0.05, 0.1) is 5.69 Å². The summed E-state index contributed by atoms with van der Waals surface area (Å²) in [5, 5.41) is 2.93. The van der Waals surface area contributed by atoms with Crippen molar-refractivity contribution in [3.05, 3.63) is 59.9 Å². The van der Waals surface area contributed by atoms with Gasteiger partial charge in [0.1, 0.15) is 5.82 Å². The van der Waals surface area contributed by atoms with Crippen LogP contribution in [0, 0.1) is 12.8 Å². The first kappa shape index (κ1) is 17.9. The summed E-state index contributed by atoms with van der Waals surface area (Å²) in [5.74, 6) is 1.32. The van der Waals surface area contributed by atoms with Crippen molar-refractivity contribution in [2.45, 2.75) is 38.5 Å². The van der Waals surface area contributed by atoms with Gasteiger partial charge in [0.2, 0.25) is 5.91 Å². The lowest BCUT2D eigenvalue weighted by atomic mass is 9.97. The molecule has 5 nitrogen and oxygen atoms in total. The van der Waals surface area contributed by atoms with E-state index in [1.54, 1.807) is 6.20 Å². The molecule has 5 heteroatoms. The molecule has 1 aromatic carbocycles. The normalized spacial score (nSPS) is 15.9. The third-order valence-corrected chi connectivity index (χ3v) is 5.67. The van der Waals surface area contributed by atoms with Crippen LogP contribution in [-0.2, 0) is 4.79 Å². The first-order valence-corrected chi connectivity index (χ1v) is 10.2. The average Bonchev–Trinajstić information content (AvgIpc) is 3.62. The number of nitrogens with two attached hydrogens (primary N) is 1. The fraction of sp³-hybridized carbons (Fsp3) is 0.292. The lowest BCUT2D eigenvalue weighted by molar-refractivity contribution is -0.117. The van der Waals surface area contributed by atoms with Crippen LogP contribution in [0.25, 0.3) is 22.4 Å². The molecule has 5 rings (SSSR count). The molecule has 29 heavy (non-hydrogen) atoms. The minimum absolute atomic E-state index is 0.0606.